The highest BCUT2D eigenvalue weighted by atomic mass is 35.5. The van der Waals surface area contributed by atoms with E-state index in [4.69, 9.17) is 25.8 Å². The smallest absolute Gasteiger partial charge is 0.164 e. The van der Waals surface area contributed by atoms with Gasteiger partial charge in [-0.2, -0.15) is 0 Å². The van der Waals surface area contributed by atoms with Crippen molar-refractivity contribution in [2.24, 2.45) is 4.99 Å². The average molecular weight is 306 g/mol. The number of methoxy groups -OCH3 is 3. The molecular weight excluding hydrogens is 290 g/mol. The molecule has 0 bridgehead atoms. The summed E-state index contributed by atoms with van der Waals surface area (Å²) in [5.41, 5.74) is 1.55. The third kappa shape index (κ3) is 3.67. The van der Waals surface area contributed by atoms with Gasteiger partial charge in [0.15, 0.2) is 11.5 Å². The van der Waals surface area contributed by atoms with Crippen molar-refractivity contribution < 1.29 is 14.2 Å². The first-order valence-electron chi connectivity index (χ1n) is 6.27. The molecular formula is C16H16ClNO3. The summed E-state index contributed by atoms with van der Waals surface area (Å²) in [6.45, 7) is 0. The first-order chi connectivity index (χ1) is 10.2. The summed E-state index contributed by atoms with van der Waals surface area (Å²) < 4.78 is 15.9. The maximum absolute atomic E-state index is 5.94. The first-order valence-corrected chi connectivity index (χ1v) is 6.65. The fourth-order valence-electron chi connectivity index (χ4n) is 1.85. The van der Waals surface area contributed by atoms with Crippen LogP contribution in [0, 0.1) is 0 Å². The van der Waals surface area contributed by atoms with E-state index in [1.165, 1.54) is 0 Å². The summed E-state index contributed by atoms with van der Waals surface area (Å²) in [6, 6.07) is 10.9. The summed E-state index contributed by atoms with van der Waals surface area (Å²) in [6.07, 6.45) is 1.70. The maximum Gasteiger partial charge on any atom is 0.164 e. The number of nitrogens with zero attached hydrogens (tertiary/aromatic N) is 1. The van der Waals surface area contributed by atoms with E-state index in [9.17, 15) is 0 Å². The van der Waals surface area contributed by atoms with Gasteiger partial charge in [0.1, 0.15) is 5.75 Å². The molecule has 0 atom stereocenters. The Morgan fingerprint density at radius 1 is 0.905 bits per heavy atom. The Bertz CT molecular complexity index is 656. The van der Waals surface area contributed by atoms with Crippen LogP contribution in [0.15, 0.2) is 41.4 Å². The van der Waals surface area contributed by atoms with Crippen molar-refractivity contribution >= 4 is 23.5 Å². The summed E-state index contributed by atoms with van der Waals surface area (Å²) >= 11 is 5.94. The largest absolute Gasteiger partial charge is 0.496 e. The molecule has 0 N–H and O–H groups in total. The van der Waals surface area contributed by atoms with Crippen LogP contribution in [0.4, 0.5) is 5.69 Å². The molecule has 0 aliphatic heterocycles. The summed E-state index contributed by atoms with van der Waals surface area (Å²) in [5.74, 6) is 1.87. The zero-order valence-corrected chi connectivity index (χ0v) is 12.8. The minimum absolute atomic E-state index is 0.606. The van der Waals surface area contributed by atoms with Crippen LogP contribution in [0.25, 0.3) is 0 Å². The molecule has 2 aromatic rings. The van der Waals surface area contributed by atoms with Crippen LogP contribution in [0.5, 0.6) is 17.2 Å². The summed E-state index contributed by atoms with van der Waals surface area (Å²) in [4.78, 5) is 4.39. The number of rotatable bonds is 5. The van der Waals surface area contributed by atoms with Gasteiger partial charge >= 0.3 is 0 Å². The van der Waals surface area contributed by atoms with Gasteiger partial charge in [0.2, 0.25) is 0 Å². The number of hydrogen-bond donors (Lipinski definition) is 0. The van der Waals surface area contributed by atoms with Crippen molar-refractivity contribution in [3.63, 3.8) is 0 Å². The second kappa shape index (κ2) is 6.99. The second-order valence-electron chi connectivity index (χ2n) is 4.19. The molecule has 110 valence electrons. The van der Waals surface area contributed by atoms with E-state index >= 15 is 0 Å². The Morgan fingerprint density at radius 2 is 1.57 bits per heavy atom. The Balaban J connectivity index is 2.38. The molecule has 0 aromatic heterocycles. The van der Waals surface area contributed by atoms with Crippen LogP contribution in [0.3, 0.4) is 0 Å². The molecule has 5 heteroatoms. The van der Waals surface area contributed by atoms with Gasteiger partial charge in [-0.25, -0.2) is 0 Å². The topological polar surface area (TPSA) is 40.0 Å². The lowest BCUT2D eigenvalue weighted by atomic mass is 10.2. The number of ether oxygens (including phenoxy) is 3. The molecule has 2 aromatic carbocycles. The predicted octanol–water partition coefficient (Wildman–Crippen LogP) is 4.12. The lowest BCUT2D eigenvalue weighted by Gasteiger charge is -2.11. The highest BCUT2D eigenvalue weighted by Gasteiger charge is 2.10. The fraction of sp³-hybridized carbons (Fsp3) is 0.188. The van der Waals surface area contributed by atoms with Gasteiger partial charge in [-0.3, -0.25) is 4.99 Å². The van der Waals surface area contributed by atoms with E-state index in [0.717, 1.165) is 11.3 Å². The zero-order valence-electron chi connectivity index (χ0n) is 12.1. The Labute approximate surface area is 128 Å². The monoisotopic (exact) mass is 305 g/mol. The Morgan fingerprint density at radius 3 is 2.19 bits per heavy atom. The molecule has 0 saturated carbocycles. The molecule has 2 rings (SSSR count). The molecule has 0 radical (unpaired) electrons. The van der Waals surface area contributed by atoms with E-state index in [2.05, 4.69) is 4.99 Å². The van der Waals surface area contributed by atoms with Crippen LogP contribution in [0.2, 0.25) is 5.02 Å². The van der Waals surface area contributed by atoms with E-state index in [0.29, 0.717) is 22.3 Å². The van der Waals surface area contributed by atoms with E-state index in [1.54, 1.807) is 45.7 Å². The van der Waals surface area contributed by atoms with Crippen molar-refractivity contribution in [3.8, 4) is 17.2 Å². The molecule has 21 heavy (non-hydrogen) atoms. The predicted molar refractivity (Wildman–Crippen MR) is 84.8 cm³/mol. The number of aliphatic imine (C=N–C) groups is 1. The van der Waals surface area contributed by atoms with Gasteiger partial charge in [0.05, 0.1) is 27.0 Å². The minimum atomic E-state index is 0.606. The minimum Gasteiger partial charge on any atom is -0.496 e. The molecule has 0 aliphatic carbocycles. The van der Waals surface area contributed by atoms with E-state index in [-0.39, 0.29) is 0 Å². The quantitative estimate of drug-likeness (QED) is 0.780. The van der Waals surface area contributed by atoms with Crippen LogP contribution < -0.4 is 14.2 Å². The van der Waals surface area contributed by atoms with Crippen LogP contribution in [-0.2, 0) is 0 Å². The molecule has 0 spiro atoms. The molecule has 0 aliphatic rings. The lowest BCUT2D eigenvalue weighted by molar-refractivity contribution is 0.349. The first kappa shape index (κ1) is 15.2. The van der Waals surface area contributed by atoms with Gasteiger partial charge < -0.3 is 14.2 Å². The molecule has 0 unspecified atom stereocenters. The summed E-state index contributed by atoms with van der Waals surface area (Å²) in [7, 11) is 4.76. The van der Waals surface area contributed by atoms with Crippen LogP contribution >= 0.6 is 11.6 Å². The SMILES string of the molecule is COc1cc(OC)c(OC)cc1C=Nc1cccc(Cl)c1. The molecule has 0 heterocycles. The van der Waals surface area contributed by atoms with Crippen molar-refractivity contribution in [2.45, 2.75) is 0 Å². The standard InChI is InChI=1S/C16H16ClNO3/c1-19-14-9-16(21-3)15(20-2)7-11(14)10-18-13-6-4-5-12(17)8-13/h4-10H,1-3H3. The van der Waals surface area contributed by atoms with Gasteiger partial charge in [-0.1, -0.05) is 17.7 Å². The van der Waals surface area contributed by atoms with Crippen molar-refractivity contribution in [1.29, 1.82) is 0 Å². The molecule has 4 nitrogen and oxygen atoms in total. The Hall–Kier alpha value is -2.20. The maximum atomic E-state index is 5.94. The van der Waals surface area contributed by atoms with Gasteiger partial charge in [0, 0.05) is 22.9 Å². The van der Waals surface area contributed by atoms with Crippen molar-refractivity contribution in [1.82, 2.24) is 0 Å². The van der Waals surface area contributed by atoms with Gasteiger partial charge in [0.25, 0.3) is 0 Å². The highest BCUT2D eigenvalue weighted by Crippen LogP contribution is 2.34. The van der Waals surface area contributed by atoms with Gasteiger partial charge in [-0.05, 0) is 24.3 Å². The number of benzene rings is 2. The van der Waals surface area contributed by atoms with Crippen molar-refractivity contribution in [3.05, 3.63) is 47.0 Å². The van der Waals surface area contributed by atoms with Gasteiger partial charge in [-0.15, -0.1) is 0 Å². The number of halogens is 1. The second-order valence-corrected chi connectivity index (χ2v) is 4.62. The Kier molecular flexibility index (Phi) is 5.06. The average Bonchev–Trinajstić information content (AvgIpc) is 2.52. The van der Waals surface area contributed by atoms with Crippen molar-refractivity contribution in [2.75, 3.05) is 21.3 Å². The molecule has 0 amide bonds. The zero-order chi connectivity index (χ0) is 15.2. The molecule has 0 saturated heterocycles. The van der Waals surface area contributed by atoms with Crippen LogP contribution in [-0.4, -0.2) is 27.5 Å². The summed E-state index contributed by atoms with van der Waals surface area (Å²) in [5, 5.41) is 0.643. The van der Waals surface area contributed by atoms with E-state index < -0.39 is 0 Å². The normalized spacial score (nSPS) is 10.7. The third-order valence-corrected chi connectivity index (χ3v) is 3.13. The number of hydrogen-bond acceptors (Lipinski definition) is 4. The molecule has 0 fully saturated rings. The van der Waals surface area contributed by atoms with Crippen LogP contribution in [0.1, 0.15) is 5.56 Å². The highest BCUT2D eigenvalue weighted by molar-refractivity contribution is 6.30. The van der Waals surface area contributed by atoms with E-state index in [1.807, 2.05) is 18.2 Å². The lowest BCUT2D eigenvalue weighted by Crippen LogP contribution is -1.96. The third-order valence-electron chi connectivity index (χ3n) is 2.90. The fourth-order valence-corrected chi connectivity index (χ4v) is 2.04.